The predicted octanol–water partition coefficient (Wildman–Crippen LogP) is 3.21. The van der Waals surface area contributed by atoms with E-state index < -0.39 is 12.0 Å². The number of Topliss-reactive ketones (excluding diaryl/α,β-unsaturated/α-hetero) is 1. The molecule has 1 atom stereocenters. The maximum absolute atomic E-state index is 12.6. The number of esters is 1. The molecule has 1 aliphatic heterocycles. The number of benzene rings is 2. The average molecular weight is 352 g/mol. The van der Waals surface area contributed by atoms with Crippen LogP contribution in [0.15, 0.2) is 59.7 Å². The summed E-state index contributed by atoms with van der Waals surface area (Å²) in [4.78, 5) is 24.6. The molecular formula is C20H20N2O4. The Morgan fingerprint density at radius 2 is 1.73 bits per heavy atom. The van der Waals surface area contributed by atoms with E-state index in [4.69, 9.17) is 9.47 Å². The number of anilines is 1. The molecular weight excluding hydrogens is 332 g/mol. The molecule has 0 aromatic heterocycles. The molecule has 1 aliphatic rings. The number of hydrogen-bond donors (Lipinski definition) is 0. The van der Waals surface area contributed by atoms with E-state index in [1.165, 1.54) is 6.92 Å². The number of hydrazone groups is 1. The second kappa shape index (κ2) is 7.82. The molecule has 0 saturated heterocycles. The van der Waals surface area contributed by atoms with Crippen molar-refractivity contribution < 1.29 is 19.1 Å². The molecule has 2 aromatic carbocycles. The number of carbonyl (C=O) groups is 2. The normalized spacial score (nSPS) is 16.2. The van der Waals surface area contributed by atoms with Crippen LogP contribution in [-0.2, 0) is 9.59 Å². The van der Waals surface area contributed by atoms with Crippen LogP contribution in [-0.4, -0.2) is 30.1 Å². The molecule has 0 N–H and O–H groups in total. The molecule has 0 fully saturated rings. The van der Waals surface area contributed by atoms with Crippen molar-refractivity contribution in [3.8, 4) is 11.5 Å². The van der Waals surface area contributed by atoms with Gasteiger partial charge in [0.05, 0.1) is 12.3 Å². The first kappa shape index (κ1) is 17.7. The monoisotopic (exact) mass is 352 g/mol. The highest BCUT2D eigenvalue weighted by molar-refractivity contribution is 6.38. The molecule has 6 nitrogen and oxygen atoms in total. The van der Waals surface area contributed by atoms with Crippen molar-refractivity contribution in [2.45, 2.75) is 26.3 Å². The molecule has 0 bridgehead atoms. The molecule has 0 saturated carbocycles. The van der Waals surface area contributed by atoms with Gasteiger partial charge in [0.25, 0.3) is 0 Å². The second-order valence-electron chi connectivity index (χ2n) is 5.83. The van der Waals surface area contributed by atoms with Gasteiger partial charge in [-0.15, -0.1) is 0 Å². The van der Waals surface area contributed by atoms with Crippen LogP contribution in [0.4, 0.5) is 5.69 Å². The topological polar surface area (TPSA) is 68.2 Å². The maximum Gasteiger partial charge on any atom is 0.360 e. The van der Waals surface area contributed by atoms with Crippen LogP contribution in [0.2, 0.25) is 0 Å². The van der Waals surface area contributed by atoms with Crippen LogP contribution in [0.1, 0.15) is 20.3 Å². The molecule has 0 spiro atoms. The minimum Gasteiger partial charge on any atom is -0.490 e. The Morgan fingerprint density at radius 3 is 2.38 bits per heavy atom. The van der Waals surface area contributed by atoms with E-state index in [1.807, 2.05) is 37.3 Å². The van der Waals surface area contributed by atoms with Crippen LogP contribution < -0.4 is 14.5 Å². The van der Waals surface area contributed by atoms with E-state index in [9.17, 15) is 9.59 Å². The molecule has 1 unspecified atom stereocenters. The van der Waals surface area contributed by atoms with Gasteiger partial charge in [-0.2, -0.15) is 5.10 Å². The second-order valence-corrected chi connectivity index (χ2v) is 5.83. The van der Waals surface area contributed by atoms with Crippen molar-refractivity contribution in [3.63, 3.8) is 0 Å². The molecule has 3 rings (SSSR count). The molecule has 0 radical (unpaired) electrons. The highest BCUT2D eigenvalue weighted by Crippen LogP contribution is 2.29. The summed E-state index contributed by atoms with van der Waals surface area (Å²) in [5, 5.41) is 5.92. The Morgan fingerprint density at radius 1 is 1.08 bits per heavy atom. The summed E-state index contributed by atoms with van der Waals surface area (Å²) in [5.74, 6) is 0.182. The highest BCUT2D eigenvalue weighted by atomic mass is 16.6. The SMILES string of the molecule is CCOc1ccccc1OC(=O)C1=NN(c2ccccc2)C(C(C)=O)C1. The third kappa shape index (κ3) is 3.74. The fourth-order valence-electron chi connectivity index (χ4n) is 2.74. The number of rotatable bonds is 6. The number of ketones is 1. The summed E-state index contributed by atoms with van der Waals surface area (Å²) < 4.78 is 10.9. The number of nitrogens with zero attached hydrogens (tertiary/aromatic N) is 2. The van der Waals surface area contributed by atoms with Gasteiger partial charge in [-0.05, 0) is 38.1 Å². The first-order valence-electron chi connectivity index (χ1n) is 8.46. The quantitative estimate of drug-likeness (QED) is 0.590. The molecule has 6 heteroatoms. The molecule has 0 aliphatic carbocycles. The van der Waals surface area contributed by atoms with Gasteiger partial charge in [0, 0.05) is 6.42 Å². The first-order valence-corrected chi connectivity index (χ1v) is 8.46. The summed E-state index contributed by atoms with van der Waals surface area (Å²) >= 11 is 0. The van der Waals surface area contributed by atoms with Crippen molar-refractivity contribution in [3.05, 3.63) is 54.6 Å². The fraction of sp³-hybridized carbons (Fsp3) is 0.250. The first-order chi connectivity index (χ1) is 12.6. The Labute approximate surface area is 152 Å². The van der Waals surface area contributed by atoms with Crippen molar-refractivity contribution in [2.24, 2.45) is 5.10 Å². The molecule has 134 valence electrons. The Bertz CT molecular complexity index is 833. The Hall–Kier alpha value is -3.15. The smallest absolute Gasteiger partial charge is 0.360 e. The summed E-state index contributed by atoms with van der Waals surface area (Å²) in [6, 6.07) is 15.7. The maximum atomic E-state index is 12.6. The van der Waals surface area contributed by atoms with Crippen LogP contribution in [0.3, 0.4) is 0 Å². The standard InChI is InChI=1S/C20H20N2O4/c1-3-25-18-11-7-8-12-19(18)26-20(24)16-13-17(14(2)23)22(21-16)15-9-5-4-6-10-15/h4-12,17H,3,13H2,1-2H3. The molecule has 1 heterocycles. The zero-order valence-electron chi connectivity index (χ0n) is 14.7. The van der Waals surface area contributed by atoms with E-state index in [0.29, 0.717) is 18.1 Å². The largest absolute Gasteiger partial charge is 0.490 e. The number of hydrogen-bond acceptors (Lipinski definition) is 6. The van der Waals surface area contributed by atoms with Gasteiger partial charge in [0.1, 0.15) is 11.8 Å². The van der Waals surface area contributed by atoms with Gasteiger partial charge in [0.2, 0.25) is 0 Å². The zero-order valence-corrected chi connectivity index (χ0v) is 14.7. The Kier molecular flexibility index (Phi) is 5.31. The van der Waals surface area contributed by atoms with Crippen LogP contribution in [0, 0.1) is 0 Å². The fourth-order valence-corrected chi connectivity index (χ4v) is 2.74. The van der Waals surface area contributed by atoms with Gasteiger partial charge in [-0.1, -0.05) is 30.3 Å². The minimum absolute atomic E-state index is 0.0601. The van der Waals surface area contributed by atoms with Crippen molar-refractivity contribution in [1.82, 2.24) is 0 Å². The van der Waals surface area contributed by atoms with Gasteiger partial charge in [-0.3, -0.25) is 9.80 Å². The molecule has 0 amide bonds. The summed E-state index contributed by atoms with van der Waals surface area (Å²) in [6.45, 7) is 3.81. The number of carbonyl (C=O) groups excluding carboxylic acids is 2. The third-order valence-electron chi connectivity index (χ3n) is 3.99. The van der Waals surface area contributed by atoms with E-state index in [0.717, 1.165) is 5.69 Å². The van der Waals surface area contributed by atoms with E-state index in [2.05, 4.69) is 5.10 Å². The molecule has 26 heavy (non-hydrogen) atoms. The Balaban J connectivity index is 1.82. The van der Waals surface area contributed by atoms with Crippen LogP contribution >= 0.6 is 0 Å². The average Bonchev–Trinajstić information content (AvgIpc) is 3.10. The molecule has 2 aromatic rings. The third-order valence-corrected chi connectivity index (χ3v) is 3.99. The lowest BCUT2D eigenvalue weighted by atomic mass is 10.1. The zero-order chi connectivity index (χ0) is 18.5. The number of para-hydroxylation sites is 3. The van der Waals surface area contributed by atoms with Gasteiger partial charge in [-0.25, -0.2) is 4.79 Å². The van der Waals surface area contributed by atoms with E-state index in [-0.39, 0.29) is 17.9 Å². The highest BCUT2D eigenvalue weighted by Gasteiger charge is 2.35. The lowest BCUT2D eigenvalue weighted by Gasteiger charge is -2.20. The van der Waals surface area contributed by atoms with Crippen molar-refractivity contribution in [2.75, 3.05) is 11.6 Å². The number of ether oxygens (including phenoxy) is 2. The van der Waals surface area contributed by atoms with Crippen LogP contribution in [0.5, 0.6) is 11.5 Å². The van der Waals surface area contributed by atoms with Gasteiger partial charge >= 0.3 is 5.97 Å². The van der Waals surface area contributed by atoms with E-state index in [1.54, 1.807) is 29.3 Å². The lowest BCUT2D eigenvalue weighted by Crippen LogP contribution is -2.33. The summed E-state index contributed by atoms with van der Waals surface area (Å²) in [7, 11) is 0. The van der Waals surface area contributed by atoms with E-state index >= 15 is 0 Å². The summed E-state index contributed by atoms with van der Waals surface area (Å²) in [5.41, 5.74) is 0.963. The predicted molar refractivity (Wildman–Crippen MR) is 98.7 cm³/mol. The van der Waals surface area contributed by atoms with Gasteiger partial charge < -0.3 is 9.47 Å². The lowest BCUT2D eigenvalue weighted by molar-refractivity contribution is -0.127. The van der Waals surface area contributed by atoms with Crippen LogP contribution in [0.25, 0.3) is 0 Å². The van der Waals surface area contributed by atoms with Crippen molar-refractivity contribution >= 4 is 23.2 Å². The minimum atomic E-state index is -0.582. The summed E-state index contributed by atoms with van der Waals surface area (Å²) in [6.07, 6.45) is 0.208. The van der Waals surface area contributed by atoms with Gasteiger partial charge in [0.15, 0.2) is 17.3 Å². The van der Waals surface area contributed by atoms with Crippen molar-refractivity contribution in [1.29, 1.82) is 0 Å².